The molecular formula is C26H24N2O4S. The van der Waals surface area contributed by atoms with Gasteiger partial charge < -0.3 is 4.74 Å². The number of hydrogen-bond acceptors (Lipinski definition) is 6. The van der Waals surface area contributed by atoms with Crippen LogP contribution in [-0.4, -0.2) is 30.8 Å². The standard InChI is InChI=1S/C26H24N2O4S/c1-3-31-20-13-11-18(12-14-20)27-25(29)22-23(17-9-15-21(33-2)16-10-17)28(32-24(22)26(27)30)19-7-5-4-6-8-19/h4-16,22-24H,3H2,1-2H3/t22-,23-,24-/m0/s1. The molecule has 2 aliphatic rings. The van der Waals surface area contributed by atoms with Gasteiger partial charge >= 0.3 is 0 Å². The van der Waals surface area contributed by atoms with Crippen LogP contribution in [0.2, 0.25) is 0 Å². The first-order chi connectivity index (χ1) is 16.1. The Hall–Kier alpha value is -3.29. The molecule has 0 N–H and O–H groups in total. The summed E-state index contributed by atoms with van der Waals surface area (Å²) in [6, 6.07) is 24.3. The molecule has 168 valence electrons. The first-order valence-electron chi connectivity index (χ1n) is 10.9. The lowest BCUT2D eigenvalue weighted by molar-refractivity contribution is -0.126. The number of nitrogens with zero attached hydrogens (tertiary/aromatic N) is 2. The fraction of sp³-hybridized carbons (Fsp3) is 0.231. The maximum atomic E-state index is 13.7. The minimum atomic E-state index is -0.880. The van der Waals surface area contributed by atoms with Crippen molar-refractivity contribution in [3.05, 3.63) is 84.4 Å². The smallest absolute Gasteiger partial charge is 0.266 e. The van der Waals surface area contributed by atoms with E-state index in [2.05, 4.69) is 0 Å². The molecule has 0 unspecified atom stereocenters. The largest absolute Gasteiger partial charge is 0.494 e. The molecule has 0 bridgehead atoms. The highest BCUT2D eigenvalue weighted by atomic mass is 32.2. The minimum Gasteiger partial charge on any atom is -0.494 e. The predicted molar refractivity (Wildman–Crippen MR) is 128 cm³/mol. The Morgan fingerprint density at radius 1 is 0.879 bits per heavy atom. The zero-order chi connectivity index (χ0) is 22.9. The summed E-state index contributed by atoms with van der Waals surface area (Å²) in [5.41, 5.74) is 2.26. The van der Waals surface area contributed by atoms with Crippen LogP contribution < -0.4 is 14.7 Å². The number of carbonyl (C=O) groups is 2. The summed E-state index contributed by atoms with van der Waals surface area (Å²) < 4.78 is 5.49. The van der Waals surface area contributed by atoms with E-state index in [1.54, 1.807) is 41.1 Å². The van der Waals surface area contributed by atoms with Crippen molar-refractivity contribution in [2.24, 2.45) is 5.92 Å². The van der Waals surface area contributed by atoms with Gasteiger partial charge in [-0.15, -0.1) is 11.8 Å². The van der Waals surface area contributed by atoms with Crippen molar-refractivity contribution >= 4 is 35.0 Å². The van der Waals surface area contributed by atoms with E-state index in [4.69, 9.17) is 9.57 Å². The highest BCUT2D eigenvalue weighted by molar-refractivity contribution is 7.98. The van der Waals surface area contributed by atoms with Crippen molar-refractivity contribution in [1.82, 2.24) is 0 Å². The second-order valence-corrected chi connectivity index (χ2v) is 8.75. The molecule has 3 aromatic rings. The molecule has 33 heavy (non-hydrogen) atoms. The number of anilines is 2. The van der Waals surface area contributed by atoms with Crippen LogP contribution in [0.15, 0.2) is 83.8 Å². The van der Waals surface area contributed by atoms with Gasteiger partial charge in [0.05, 0.1) is 24.0 Å². The minimum absolute atomic E-state index is 0.258. The number of rotatable bonds is 6. The van der Waals surface area contributed by atoms with E-state index >= 15 is 0 Å². The molecule has 2 heterocycles. The molecule has 6 nitrogen and oxygen atoms in total. The van der Waals surface area contributed by atoms with Gasteiger partial charge in [0.2, 0.25) is 5.91 Å². The number of fused-ring (bicyclic) bond motifs is 1. The number of para-hydroxylation sites is 1. The lowest BCUT2D eigenvalue weighted by atomic mass is 9.90. The topological polar surface area (TPSA) is 59.1 Å². The van der Waals surface area contributed by atoms with Gasteiger partial charge in [-0.3, -0.25) is 14.4 Å². The maximum absolute atomic E-state index is 13.7. The zero-order valence-corrected chi connectivity index (χ0v) is 19.2. The number of thioether (sulfide) groups is 1. The van der Waals surface area contributed by atoms with Crippen LogP contribution in [0, 0.1) is 5.92 Å². The van der Waals surface area contributed by atoms with Crippen molar-refractivity contribution in [1.29, 1.82) is 0 Å². The molecule has 2 aliphatic heterocycles. The van der Waals surface area contributed by atoms with Crippen molar-refractivity contribution in [2.75, 3.05) is 22.8 Å². The third kappa shape index (κ3) is 3.77. The highest BCUT2D eigenvalue weighted by Crippen LogP contribution is 2.47. The lowest BCUT2D eigenvalue weighted by Gasteiger charge is -2.28. The molecule has 0 saturated carbocycles. The molecule has 2 saturated heterocycles. The third-order valence-electron chi connectivity index (χ3n) is 5.99. The van der Waals surface area contributed by atoms with Crippen molar-refractivity contribution in [3.8, 4) is 5.75 Å². The maximum Gasteiger partial charge on any atom is 0.266 e. The average molecular weight is 461 g/mol. The summed E-state index contributed by atoms with van der Waals surface area (Å²) in [4.78, 5) is 35.6. The molecular weight excluding hydrogens is 436 g/mol. The van der Waals surface area contributed by atoms with Crippen LogP contribution in [0.5, 0.6) is 5.75 Å². The van der Waals surface area contributed by atoms with E-state index in [0.29, 0.717) is 18.0 Å². The number of ether oxygens (including phenoxy) is 1. The van der Waals surface area contributed by atoms with Gasteiger partial charge in [-0.05, 0) is 67.3 Å². The van der Waals surface area contributed by atoms with E-state index in [1.165, 1.54) is 4.90 Å². The monoisotopic (exact) mass is 460 g/mol. The Bertz CT molecular complexity index is 1150. The summed E-state index contributed by atoms with van der Waals surface area (Å²) in [7, 11) is 0. The molecule has 5 rings (SSSR count). The summed E-state index contributed by atoms with van der Waals surface area (Å²) in [6.45, 7) is 2.45. The van der Waals surface area contributed by atoms with Crippen LogP contribution >= 0.6 is 11.8 Å². The van der Waals surface area contributed by atoms with Gasteiger partial charge in [0, 0.05) is 4.90 Å². The van der Waals surface area contributed by atoms with Gasteiger partial charge in [0.25, 0.3) is 5.91 Å². The zero-order valence-electron chi connectivity index (χ0n) is 18.4. The van der Waals surface area contributed by atoms with Gasteiger partial charge in [0.15, 0.2) is 6.10 Å². The second kappa shape index (κ2) is 8.92. The molecule has 0 radical (unpaired) electrons. The number of carbonyl (C=O) groups excluding carboxylic acids is 2. The number of amides is 2. The predicted octanol–water partition coefficient (Wildman–Crippen LogP) is 4.86. The molecule has 3 aromatic carbocycles. The summed E-state index contributed by atoms with van der Waals surface area (Å²) in [5, 5.41) is 1.72. The van der Waals surface area contributed by atoms with Crippen molar-refractivity contribution in [2.45, 2.75) is 24.0 Å². The molecule has 0 aliphatic carbocycles. The summed E-state index contributed by atoms with van der Waals surface area (Å²) >= 11 is 1.66. The molecule has 7 heteroatoms. The summed E-state index contributed by atoms with van der Waals surface area (Å²) in [6.07, 6.45) is 1.14. The van der Waals surface area contributed by atoms with Gasteiger partial charge in [-0.25, -0.2) is 9.96 Å². The first kappa shape index (κ1) is 21.6. The molecule has 2 fully saturated rings. The number of benzene rings is 3. The third-order valence-corrected chi connectivity index (χ3v) is 6.73. The van der Waals surface area contributed by atoms with E-state index in [9.17, 15) is 9.59 Å². The quantitative estimate of drug-likeness (QED) is 0.387. The SMILES string of the molecule is CCOc1ccc(N2C(=O)[C@@H]3[C@H](ON(c4ccccc4)[C@H]3c3ccc(SC)cc3)C2=O)cc1. The second-order valence-electron chi connectivity index (χ2n) is 7.87. The fourth-order valence-electron chi connectivity index (χ4n) is 4.47. The Balaban J connectivity index is 1.52. The number of hydroxylamine groups is 1. The van der Waals surface area contributed by atoms with Crippen molar-refractivity contribution < 1.29 is 19.2 Å². The molecule has 2 amide bonds. The Kier molecular flexibility index (Phi) is 5.83. The van der Waals surface area contributed by atoms with Gasteiger partial charge in [-0.2, -0.15) is 0 Å². The fourth-order valence-corrected chi connectivity index (χ4v) is 4.87. The van der Waals surface area contributed by atoms with Crippen LogP contribution in [-0.2, 0) is 14.4 Å². The average Bonchev–Trinajstić information content (AvgIpc) is 3.36. The van der Waals surface area contributed by atoms with E-state index in [0.717, 1.165) is 16.1 Å². The molecule has 0 spiro atoms. The lowest BCUT2D eigenvalue weighted by Crippen LogP contribution is -2.37. The Morgan fingerprint density at radius 3 is 2.21 bits per heavy atom. The van der Waals surface area contributed by atoms with Crippen LogP contribution in [0.3, 0.4) is 0 Å². The van der Waals surface area contributed by atoms with E-state index < -0.39 is 18.1 Å². The van der Waals surface area contributed by atoms with Gasteiger partial charge in [-0.1, -0.05) is 30.3 Å². The van der Waals surface area contributed by atoms with Crippen LogP contribution in [0.1, 0.15) is 18.5 Å². The normalized spacial score (nSPS) is 22.1. The molecule has 3 atom stereocenters. The van der Waals surface area contributed by atoms with E-state index in [-0.39, 0.29) is 11.8 Å². The highest BCUT2D eigenvalue weighted by Gasteiger charge is 2.60. The Labute approximate surface area is 197 Å². The molecule has 0 aromatic heterocycles. The van der Waals surface area contributed by atoms with Crippen LogP contribution in [0.25, 0.3) is 0 Å². The van der Waals surface area contributed by atoms with Gasteiger partial charge in [0.1, 0.15) is 11.7 Å². The van der Waals surface area contributed by atoms with Crippen LogP contribution in [0.4, 0.5) is 11.4 Å². The first-order valence-corrected chi connectivity index (χ1v) is 12.1. The number of imide groups is 1. The van der Waals surface area contributed by atoms with Crippen molar-refractivity contribution in [3.63, 3.8) is 0 Å². The van der Waals surface area contributed by atoms with E-state index in [1.807, 2.05) is 67.8 Å². The Morgan fingerprint density at radius 2 is 1.58 bits per heavy atom. The number of hydrogen-bond donors (Lipinski definition) is 0. The summed E-state index contributed by atoms with van der Waals surface area (Å²) in [5.74, 6) is -0.562.